The molecule has 24 heavy (non-hydrogen) atoms. The third-order valence-corrected chi connectivity index (χ3v) is 20.5. The fraction of sp³-hybridized carbons (Fsp3) is 0.700. The van der Waals surface area contributed by atoms with Gasteiger partial charge in [0.05, 0.1) is 0 Å². The van der Waals surface area contributed by atoms with E-state index < -0.39 is 30.1 Å². The molecule has 0 heterocycles. The molecule has 0 aliphatic rings. The van der Waals surface area contributed by atoms with Gasteiger partial charge in [0.15, 0.2) is 0 Å². The predicted molar refractivity (Wildman–Crippen MR) is 100 cm³/mol. The maximum atomic E-state index is 12.8. The molecule has 0 atom stereocenters. The molecular formula is C20H33F3Sn. The number of hydrogen-bond acceptors (Lipinski definition) is 0. The number of hydrogen-bond donors (Lipinski definition) is 0. The molecule has 0 N–H and O–H groups in total. The van der Waals surface area contributed by atoms with Crippen LogP contribution in [0, 0.1) is 0 Å². The molecule has 0 spiro atoms. The number of alkyl halides is 3. The minimum absolute atomic E-state index is 0.525. The number of unbranched alkanes of at least 4 members (excludes halogenated alkanes) is 3. The Bertz CT molecular complexity index is 429. The SMILES string of the molecule is CCC[CH2][Sn]([CH2]CCC)([CH2]CCC)[CH2]c1ccc(C(F)(F)F)cc1. The first-order valence-corrected chi connectivity index (χ1v) is 17.6. The van der Waals surface area contributed by atoms with E-state index in [9.17, 15) is 13.2 Å². The topological polar surface area (TPSA) is 0 Å². The quantitative estimate of drug-likeness (QED) is 0.305. The molecule has 4 heteroatoms. The van der Waals surface area contributed by atoms with Crippen LogP contribution in [-0.2, 0) is 10.6 Å². The van der Waals surface area contributed by atoms with Gasteiger partial charge in [-0.15, -0.1) is 0 Å². The summed E-state index contributed by atoms with van der Waals surface area (Å²) >= 11 is -2.31. The summed E-state index contributed by atoms with van der Waals surface area (Å²) in [6.07, 6.45) is 3.34. The molecule has 0 radical (unpaired) electrons. The molecule has 0 nitrogen and oxygen atoms in total. The Morgan fingerprint density at radius 3 is 1.50 bits per heavy atom. The maximum absolute atomic E-state index is 12.8. The van der Waals surface area contributed by atoms with Crippen LogP contribution >= 0.6 is 0 Å². The summed E-state index contributed by atoms with van der Waals surface area (Å²) in [7, 11) is 0. The van der Waals surface area contributed by atoms with Crippen LogP contribution in [0.5, 0.6) is 0 Å². The molecular weight excluding hydrogens is 416 g/mol. The first kappa shape index (κ1) is 21.9. The number of halogens is 3. The van der Waals surface area contributed by atoms with Crippen molar-refractivity contribution in [2.75, 3.05) is 0 Å². The second-order valence-electron chi connectivity index (χ2n) is 7.18. The molecule has 0 aliphatic carbocycles. The molecule has 0 amide bonds. The van der Waals surface area contributed by atoms with Gasteiger partial charge in [-0.2, -0.15) is 0 Å². The van der Waals surface area contributed by atoms with Gasteiger partial charge < -0.3 is 0 Å². The Labute approximate surface area is 150 Å². The summed E-state index contributed by atoms with van der Waals surface area (Å²) in [4.78, 5) is 0. The van der Waals surface area contributed by atoms with Gasteiger partial charge >= 0.3 is 150 Å². The molecule has 138 valence electrons. The summed E-state index contributed by atoms with van der Waals surface area (Å²) < 4.78 is 43.6. The van der Waals surface area contributed by atoms with Crippen molar-refractivity contribution in [2.45, 2.75) is 83.2 Å². The van der Waals surface area contributed by atoms with Crippen molar-refractivity contribution >= 4 is 18.4 Å². The molecule has 0 saturated heterocycles. The summed E-state index contributed by atoms with van der Waals surface area (Å²) in [5.41, 5.74) is 0.616. The average Bonchev–Trinajstić information content (AvgIpc) is 2.56. The van der Waals surface area contributed by atoms with Gasteiger partial charge in [-0.3, -0.25) is 0 Å². The van der Waals surface area contributed by atoms with E-state index in [0.717, 1.165) is 10.0 Å². The first-order chi connectivity index (χ1) is 11.4. The van der Waals surface area contributed by atoms with Crippen molar-refractivity contribution < 1.29 is 13.2 Å². The van der Waals surface area contributed by atoms with Crippen LogP contribution in [-0.4, -0.2) is 18.4 Å². The summed E-state index contributed by atoms with van der Waals surface area (Å²) in [5, 5.41) is 0. The molecule has 0 bridgehead atoms. The molecule has 0 unspecified atom stereocenters. The normalized spacial score (nSPS) is 12.6. The molecule has 0 fully saturated rings. The van der Waals surface area contributed by atoms with E-state index in [1.807, 2.05) is 0 Å². The van der Waals surface area contributed by atoms with E-state index in [1.54, 1.807) is 12.1 Å². The molecule has 0 aromatic heterocycles. The summed E-state index contributed by atoms with van der Waals surface area (Å²) in [5.74, 6) is 0. The van der Waals surface area contributed by atoms with Crippen molar-refractivity contribution in [3.8, 4) is 0 Å². The Balaban J connectivity index is 2.95. The standard InChI is InChI=1S/C8H6F3.3C4H9.Sn/c1-6-2-4-7(5-3-6)8(9,10)11;3*1-3-4-2;/h2-5H,1H2;3*1,3-4H2,2H3;. The van der Waals surface area contributed by atoms with Crippen LogP contribution in [0.2, 0.25) is 13.3 Å². The molecule has 1 aromatic carbocycles. The van der Waals surface area contributed by atoms with Crippen LogP contribution < -0.4 is 0 Å². The van der Waals surface area contributed by atoms with E-state index in [0.29, 0.717) is 0 Å². The minimum atomic E-state index is -4.23. The van der Waals surface area contributed by atoms with E-state index in [-0.39, 0.29) is 0 Å². The van der Waals surface area contributed by atoms with Gasteiger partial charge in [0.2, 0.25) is 0 Å². The Morgan fingerprint density at radius 1 is 0.750 bits per heavy atom. The third kappa shape index (κ3) is 7.36. The fourth-order valence-corrected chi connectivity index (χ4v) is 19.8. The second-order valence-corrected chi connectivity index (χ2v) is 21.0. The predicted octanol–water partition coefficient (Wildman–Crippen LogP) is 7.64. The van der Waals surface area contributed by atoms with E-state index in [2.05, 4.69) is 20.8 Å². The Hall–Kier alpha value is -0.191. The van der Waals surface area contributed by atoms with E-state index >= 15 is 0 Å². The van der Waals surface area contributed by atoms with Crippen molar-refractivity contribution in [1.29, 1.82) is 0 Å². The van der Waals surface area contributed by atoms with Crippen molar-refractivity contribution in [3.63, 3.8) is 0 Å². The van der Waals surface area contributed by atoms with Crippen LogP contribution in [0.4, 0.5) is 13.2 Å². The van der Waals surface area contributed by atoms with Crippen molar-refractivity contribution in [3.05, 3.63) is 35.4 Å². The average molecular weight is 449 g/mol. The molecule has 1 aromatic rings. The summed E-state index contributed by atoms with van der Waals surface area (Å²) in [6.45, 7) is 6.73. The van der Waals surface area contributed by atoms with Crippen LogP contribution in [0.25, 0.3) is 0 Å². The molecule has 1 rings (SSSR count). The van der Waals surface area contributed by atoms with Crippen LogP contribution in [0.1, 0.15) is 70.4 Å². The zero-order valence-corrected chi connectivity index (χ0v) is 18.4. The zero-order chi connectivity index (χ0) is 18.1. The Kier molecular flexibility index (Phi) is 9.76. The molecule has 0 aliphatic heterocycles. The Morgan fingerprint density at radius 2 is 1.17 bits per heavy atom. The van der Waals surface area contributed by atoms with Crippen LogP contribution in [0.3, 0.4) is 0 Å². The summed E-state index contributed by atoms with van der Waals surface area (Å²) in [6, 6.07) is 6.01. The monoisotopic (exact) mass is 450 g/mol. The number of rotatable bonds is 11. The third-order valence-electron chi connectivity index (χ3n) is 5.04. The van der Waals surface area contributed by atoms with E-state index in [4.69, 9.17) is 0 Å². The first-order valence-electron chi connectivity index (χ1n) is 9.53. The van der Waals surface area contributed by atoms with Crippen LogP contribution in [0.15, 0.2) is 24.3 Å². The van der Waals surface area contributed by atoms with E-state index in [1.165, 1.54) is 64.0 Å². The fourth-order valence-electron chi connectivity index (χ4n) is 3.54. The van der Waals surface area contributed by atoms with Gasteiger partial charge in [0, 0.05) is 0 Å². The van der Waals surface area contributed by atoms with Gasteiger partial charge in [-0.25, -0.2) is 0 Å². The van der Waals surface area contributed by atoms with Crippen molar-refractivity contribution in [1.82, 2.24) is 0 Å². The van der Waals surface area contributed by atoms with Gasteiger partial charge in [-0.1, -0.05) is 0 Å². The van der Waals surface area contributed by atoms with Crippen molar-refractivity contribution in [2.24, 2.45) is 0 Å². The zero-order valence-electron chi connectivity index (χ0n) is 15.5. The second kappa shape index (κ2) is 10.7. The number of benzene rings is 1. The van der Waals surface area contributed by atoms with Gasteiger partial charge in [0.1, 0.15) is 0 Å². The van der Waals surface area contributed by atoms with Gasteiger partial charge in [0.25, 0.3) is 0 Å². The molecule has 0 saturated carbocycles. The van der Waals surface area contributed by atoms with Gasteiger partial charge in [-0.05, 0) is 0 Å².